The zero-order valence-electron chi connectivity index (χ0n) is 23.9. The Bertz CT molecular complexity index is 1790. The summed E-state index contributed by atoms with van der Waals surface area (Å²) in [5.74, 6) is -0.0414. The zero-order chi connectivity index (χ0) is 29.9. The number of nitrogens with zero attached hydrogens (tertiary/aromatic N) is 1. The topological polar surface area (TPSA) is 82.1 Å². The van der Waals surface area contributed by atoms with E-state index in [9.17, 15) is 14.4 Å². The van der Waals surface area contributed by atoms with Crippen LogP contribution >= 0.6 is 0 Å². The summed E-state index contributed by atoms with van der Waals surface area (Å²) in [4.78, 5) is 46.4. The third kappa shape index (κ3) is 3.64. The molecule has 2 aliphatic heterocycles. The summed E-state index contributed by atoms with van der Waals surface area (Å²) in [6.07, 6.45) is 3.87. The van der Waals surface area contributed by atoms with Crippen LogP contribution in [0.3, 0.4) is 0 Å². The van der Waals surface area contributed by atoms with Gasteiger partial charge in [0.1, 0.15) is 17.2 Å². The molecule has 0 aromatic heterocycles. The standard InChI is InChI=1S/C36H29NO6/c1-41-24-16-12-22(13-17-24)33(38)32-31(23-14-18-28(42-2)29(20-23)43-3)36(34(39)25-9-5-6-10-26(25)35(36)40)30-19-15-21-8-4-7-11-27(21)37(30)32/h4-20,30-32H,1-3H3/t30-,31+,32-/m1/s1. The van der Waals surface area contributed by atoms with Gasteiger partial charge in [-0.3, -0.25) is 14.4 Å². The molecular weight excluding hydrogens is 542 g/mol. The first kappa shape index (κ1) is 26.7. The molecule has 7 nitrogen and oxygen atoms in total. The van der Waals surface area contributed by atoms with Crippen molar-refractivity contribution >= 4 is 29.1 Å². The monoisotopic (exact) mass is 571 g/mol. The maximum Gasteiger partial charge on any atom is 0.185 e. The fraction of sp³-hybridized carbons (Fsp3) is 0.194. The van der Waals surface area contributed by atoms with Crippen LogP contribution in [0.25, 0.3) is 6.08 Å². The lowest BCUT2D eigenvalue weighted by Gasteiger charge is -2.37. The van der Waals surface area contributed by atoms with Crippen molar-refractivity contribution in [3.05, 3.63) is 125 Å². The van der Waals surface area contributed by atoms with Gasteiger partial charge in [0.15, 0.2) is 28.8 Å². The third-order valence-corrected chi connectivity index (χ3v) is 9.12. The Morgan fingerprint density at radius 3 is 2.05 bits per heavy atom. The van der Waals surface area contributed by atoms with E-state index in [1.54, 1.807) is 74.9 Å². The molecule has 2 heterocycles. The number of ketones is 3. The third-order valence-electron chi connectivity index (χ3n) is 9.12. The average Bonchev–Trinajstić information content (AvgIpc) is 3.50. The molecule has 3 atom stereocenters. The number of hydrogen-bond donors (Lipinski definition) is 0. The van der Waals surface area contributed by atoms with Crippen LogP contribution in [0.1, 0.15) is 48.1 Å². The number of benzene rings is 4. The molecule has 43 heavy (non-hydrogen) atoms. The Morgan fingerprint density at radius 1 is 0.744 bits per heavy atom. The van der Waals surface area contributed by atoms with E-state index >= 15 is 0 Å². The van der Waals surface area contributed by atoms with Gasteiger partial charge in [0.2, 0.25) is 0 Å². The van der Waals surface area contributed by atoms with Crippen molar-refractivity contribution in [1.29, 1.82) is 0 Å². The van der Waals surface area contributed by atoms with Gasteiger partial charge in [-0.05, 0) is 53.6 Å². The van der Waals surface area contributed by atoms with Crippen molar-refractivity contribution in [3.63, 3.8) is 0 Å². The van der Waals surface area contributed by atoms with Gasteiger partial charge in [-0.1, -0.05) is 60.7 Å². The number of rotatable bonds is 6. The fourth-order valence-corrected chi connectivity index (χ4v) is 7.26. The molecule has 0 radical (unpaired) electrons. The van der Waals surface area contributed by atoms with Gasteiger partial charge in [-0.25, -0.2) is 0 Å². The quantitative estimate of drug-likeness (QED) is 0.207. The molecule has 3 aliphatic rings. The number of carbonyl (C=O) groups excluding carboxylic acids is 3. The average molecular weight is 572 g/mol. The lowest BCUT2D eigenvalue weighted by atomic mass is 9.64. The summed E-state index contributed by atoms with van der Waals surface area (Å²) in [6, 6.07) is 25.4. The molecule has 214 valence electrons. The molecule has 0 N–H and O–H groups in total. The molecule has 7 heteroatoms. The number of fused-ring (bicyclic) bond motifs is 5. The molecule has 0 unspecified atom stereocenters. The molecular formula is C36H29NO6. The van der Waals surface area contributed by atoms with Crippen molar-refractivity contribution < 1.29 is 28.6 Å². The van der Waals surface area contributed by atoms with Gasteiger partial charge >= 0.3 is 0 Å². The van der Waals surface area contributed by atoms with Gasteiger partial charge in [-0.2, -0.15) is 0 Å². The van der Waals surface area contributed by atoms with E-state index in [2.05, 4.69) is 0 Å². The lowest BCUT2D eigenvalue weighted by Crippen LogP contribution is -2.48. The number of Topliss-reactive ketones (excluding diaryl/α,β-unsaturated/α-hetero) is 3. The van der Waals surface area contributed by atoms with Crippen LogP contribution < -0.4 is 19.1 Å². The Morgan fingerprint density at radius 2 is 1.40 bits per heavy atom. The highest BCUT2D eigenvalue weighted by Gasteiger charge is 2.71. The number of anilines is 1. The summed E-state index contributed by atoms with van der Waals surface area (Å²) < 4.78 is 16.5. The van der Waals surface area contributed by atoms with E-state index < -0.39 is 23.4 Å². The molecule has 0 amide bonds. The van der Waals surface area contributed by atoms with E-state index in [0.29, 0.717) is 39.5 Å². The van der Waals surface area contributed by atoms with Crippen molar-refractivity contribution in [2.75, 3.05) is 26.2 Å². The summed E-state index contributed by atoms with van der Waals surface area (Å²) in [5.41, 5.74) is 1.95. The second-order valence-corrected chi connectivity index (χ2v) is 11.0. The van der Waals surface area contributed by atoms with Crippen molar-refractivity contribution in [3.8, 4) is 17.2 Å². The Kier molecular flexibility index (Phi) is 6.20. The Balaban J connectivity index is 1.54. The second kappa shape index (κ2) is 9.98. The second-order valence-electron chi connectivity index (χ2n) is 11.0. The molecule has 1 spiro atoms. The number of methoxy groups -OCH3 is 3. The van der Waals surface area contributed by atoms with E-state index in [4.69, 9.17) is 14.2 Å². The SMILES string of the molecule is COc1ccc(C(=O)[C@H]2[C@H](c3ccc(OC)c(OC)c3)C3(C(=O)c4ccccc4C3=O)[C@H]3C=Cc4ccccc4N23)cc1. The summed E-state index contributed by atoms with van der Waals surface area (Å²) >= 11 is 0. The van der Waals surface area contributed by atoms with Crippen LogP contribution in [0.15, 0.2) is 97.1 Å². The minimum Gasteiger partial charge on any atom is -0.497 e. The normalized spacial score (nSPS) is 20.9. The van der Waals surface area contributed by atoms with E-state index in [1.807, 2.05) is 47.4 Å². The molecule has 1 aliphatic carbocycles. The van der Waals surface area contributed by atoms with Gasteiger partial charge in [0, 0.05) is 28.3 Å². The highest BCUT2D eigenvalue weighted by molar-refractivity contribution is 6.32. The number of para-hydroxylation sites is 1. The van der Waals surface area contributed by atoms with Crippen molar-refractivity contribution in [2.45, 2.75) is 18.0 Å². The lowest BCUT2D eigenvalue weighted by molar-refractivity contribution is 0.0665. The van der Waals surface area contributed by atoms with Crippen LogP contribution in [0.2, 0.25) is 0 Å². The summed E-state index contributed by atoms with van der Waals surface area (Å²) in [5, 5.41) is 0. The van der Waals surface area contributed by atoms with Crippen LogP contribution in [0.5, 0.6) is 17.2 Å². The molecule has 0 saturated carbocycles. The maximum atomic E-state index is 14.8. The van der Waals surface area contributed by atoms with Gasteiger partial charge in [0.05, 0.1) is 27.4 Å². The molecule has 0 bridgehead atoms. The van der Waals surface area contributed by atoms with Crippen LogP contribution in [-0.2, 0) is 0 Å². The first-order chi connectivity index (χ1) is 20.9. The predicted octanol–water partition coefficient (Wildman–Crippen LogP) is 6.03. The summed E-state index contributed by atoms with van der Waals surface area (Å²) in [6.45, 7) is 0. The molecule has 4 aromatic rings. The van der Waals surface area contributed by atoms with Crippen LogP contribution in [0, 0.1) is 5.41 Å². The highest BCUT2D eigenvalue weighted by atomic mass is 16.5. The minimum atomic E-state index is -1.60. The largest absolute Gasteiger partial charge is 0.497 e. The van der Waals surface area contributed by atoms with Gasteiger partial charge in [-0.15, -0.1) is 0 Å². The number of hydrogen-bond acceptors (Lipinski definition) is 7. The molecule has 4 aromatic carbocycles. The number of carbonyl (C=O) groups is 3. The van der Waals surface area contributed by atoms with Crippen molar-refractivity contribution in [2.24, 2.45) is 5.41 Å². The maximum absolute atomic E-state index is 14.8. The smallest absolute Gasteiger partial charge is 0.185 e. The van der Waals surface area contributed by atoms with E-state index in [0.717, 1.165) is 11.3 Å². The Labute approximate surface area is 249 Å². The van der Waals surface area contributed by atoms with Gasteiger partial charge in [0.25, 0.3) is 0 Å². The fourth-order valence-electron chi connectivity index (χ4n) is 7.26. The predicted molar refractivity (Wildman–Crippen MR) is 163 cm³/mol. The van der Waals surface area contributed by atoms with Gasteiger partial charge < -0.3 is 19.1 Å². The van der Waals surface area contributed by atoms with Crippen molar-refractivity contribution in [1.82, 2.24) is 0 Å². The molecule has 1 saturated heterocycles. The first-order valence-electron chi connectivity index (χ1n) is 14.1. The summed E-state index contributed by atoms with van der Waals surface area (Å²) in [7, 11) is 4.66. The molecule has 1 fully saturated rings. The molecule has 7 rings (SSSR count). The first-order valence-corrected chi connectivity index (χ1v) is 14.1. The Hall–Kier alpha value is -5.17. The zero-order valence-corrected chi connectivity index (χ0v) is 23.9. The van der Waals surface area contributed by atoms with Crippen LogP contribution in [0.4, 0.5) is 5.69 Å². The van der Waals surface area contributed by atoms with E-state index in [1.165, 1.54) is 7.11 Å². The number of ether oxygens (including phenoxy) is 3. The highest BCUT2D eigenvalue weighted by Crippen LogP contribution is 2.61. The minimum absolute atomic E-state index is 0.203. The van der Waals surface area contributed by atoms with Crippen LogP contribution in [-0.4, -0.2) is 50.8 Å². The van der Waals surface area contributed by atoms with E-state index in [-0.39, 0.29) is 17.3 Å².